The molecule has 0 aliphatic rings. The summed E-state index contributed by atoms with van der Waals surface area (Å²) in [6.45, 7) is 10.4. The van der Waals surface area contributed by atoms with E-state index in [0.717, 1.165) is 24.3 Å². The molecule has 0 spiro atoms. The fraction of sp³-hybridized carbons (Fsp3) is 0.192. The standard InChI is InChI=1S/C26H27N5O2/c1-4-18-9-7-10-20(13-18)29-26-19(16-27)17-28-22-15-24(32)23(14-21(22)26)30-25(33)11-8-12-31(5-2)6-3/h4,7-11,13-15,17,32H,1,5-6,12H2,2-3H3,(H,28,29)(H,30,33)/b11-8+. The van der Waals surface area contributed by atoms with Crippen LogP contribution in [-0.2, 0) is 4.79 Å². The molecule has 7 heteroatoms. The van der Waals surface area contributed by atoms with Crippen LogP contribution in [0.3, 0.4) is 0 Å². The number of aromatic nitrogens is 1. The number of nitriles is 1. The molecule has 0 atom stereocenters. The lowest BCUT2D eigenvalue weighted by Gasteiger charge is -2.15. The number of hydrogen-bond acceptors (Lipinski definition) is 6. The molecule has 1 aromatic heterocycles. The molecule has 0 radical (unpaired) electrons. The van der Waals surface area contributed by atoms with Crippen molar-refractivity contribution in [2.75, 3.05) is 30.3 Å². The number of rotatable bonds is 9. The number of nitrogens with zero attached hydrogens (tertiary/aromatic N) is 3. The van der Waals surface area contributed by atoms with Crippen LogP contribution in [0.25, 0.3) is 17.0 Å². The maximum atomic E-state index is 12.4. The van der Waals surface area contributed by atoms with Crippen molar-refractivity contribution in [1.29, 1.82) is 5.26 Å². The normalized spacial score (nSPS) is 11.0. The molecule has 0 saturated carbocycles. The summed E-state index contributed by atoms with van der Waals surface area (Å²) in [6.07, 6.45) is 6.43. The SMILES string of the molecule is C=Cc1cccc(Nc2c(C#N)cnc3cc(O)c(NC(=O)/C=C/CN(CC)CC)cc23)c1. The summed E-state index contributed by atoms with van der Waals surface area (Å²) in [5.74, 6) is -0.459. The number of carbonyl (C=O) groups is 1. The van der Waals surface area contributed by atoms with Gasteiger partial charge in [-0.3, -0.25) is 9.78 Å². The molecule has 0 unspecified atom stereocenters. The molecular weight excluding hydrogens is 414 g/mol. The molecule has 0 aliphatic heterocycles. The smallest absolute Gasteiger partial charge is 0.248 e. The van der Waals surface area contributed by atoms with Crippen LogP contribution in [0.1, 0.15) is 25.0 Å². The number of phenolic OH excluding ortho intramolecular Hbond substituents is 1. The topological polar surface area (TPSA) is 101 Å². The minimum atomic E-state index is -0.352. The van der Waals surface area contributed by atoms with E-state index in [4.69, 9.17) is 0 Å². The lowest BCUT2D eigenvalue weighted by molar-refractivity contribution is -0.111. The van der Waals surface area contributed by atoms with Gasteiger partial charge in [0.15, 0.2) is 0 Å². The van der Waals surface area contributed by atoms with Gasteiger partial charge in [-0.1, -0.05) is 44.7 Å². The van der Waals surface area contributed by atoms with Crippen molar-refractivity contribution in [2.24, 2.45) is 0 Å². The fourth-order valence-corrected chi connectivity index (χ4v) is 3.40. The Hall–Kier alpha value is -4.15. The highest BCUT2D eigenvalue weighted by Gasteiger charge is 2.14. The molecule has 0 aliphatic carbocycles. The number of fused-ring (bicyclic) bond motifs is 1. The first-order valence-corrected chi connectivity index (χ1v) is 10.7. The minimum absolute atomic E-state index is 0.107. The Morgan fingerprint density at radius 1 is 1.27 bits per heavy atom. The van der Waals surface area contributed by atoms with Crippen LogP contribution in [-0.4, -0.2) is 40.5 Å². The van der Waals surface area contributed by atoms with E-state index in [-0.39, 0.29) is 17.3 Å². The molecule has 3 N–H and O–H groups in total. The summed E-state index contributed by atoms with van der Waals surface area (Å²) in [7, 11) is 0. The van der Waals surface area contributed by atoms with Crippen LogP contribution in [0, 0.1) is 11.3 Å². The number of amides is 1. The third kappa shape index (κ3) is 5.76. The van der Waals surface area contributed by atoms with Gasteiger partial charge in [0, 0.05) is 36.0 Å². The maximum Gasteiger partial charge on any atom is 0.248 e. The fourth-order valence-electron chi connectivity index (χ4n) is 3.40. The second-order valence-electron chi connectivity index (χ2n) is 7.38. The van der Waals surface area contributed by atoms with Crippen LogP contribution >= 0.6 is 0 Å². The second kappa shape index (κ2) is 10.9. The molecule has 168 valence electrons. The van der Waals surface area contributed by atoms with E-state index in [9.17, 15) is 15.2 Å². The van der Waals surface area contributed by atoms with Gasteiger partial charge in [0.25, 0.3) is 0 Å². The van der Waals surface area contributed by atoms with Crippen molar-refractivity contribution in [2.45, 2.75) is 13.8 Å². The Morgan fingerprint density at radius 2 is 2.06 bits per heavy atom. The number of anilines is 3. The second-order valence-corrected chi connectivity index (χ2v) is 7.38. The Bertz CT molecular complexity index is 1240. The van der Waals surface area contributed by atoms with E-state index in [1.54, 1.807) is 18.2 Å². The monoisotopic (exact) mass is 441 g/mol. The molecule has 7 nitrogen and oxygen atoms in total. The van der Waals surface area contributed by atoms with E-state index in [1.807, 2.05) is 24.3 Å². The van der Waals surface area contributed by atoms with E-state index in [2.05, 4.69) is 47.0 Å². The quantitative estimate of drug-likeness (QED) is 0.318. The number of carbonyl (C=O) groups excluding carboxylic acids is 1. The summed E-state index contributed by atoms with van der Waals surface area (Å²) in [4.78, 5) is 18.9. The maximum absolute atomic E-state index is 12.4. The minimum Gasteiger partial charge on any atom is -0.506 e. The van der Waals surface area contributed by atoms with Gasteiger partial charge in [-0.05, 0) is 36.9 Å². The molecule has 0 bridgehead atoms. The van der Waals surface area contributed by atoms with Gasteiger partial charge in [-0.2, -0.15) is 5.26 Å². The van der Waals surface area contributed by atoms with Crippen LogP contribution in [0.4, 0.5) is 17.1 Å². The molecule has 33 heavy (non-hydrogen) atoms. The number of likely N-dealkylation sites (N-methyl/N-ethyl adjacent to an activating group) is 1. The largest absolute Gasteiger partial charge is 0.506 e. The summed E-state index contributed by atoms with van der Waals surface area (Å²) in [5.41, 5.74) is 3.31. The van der Waals surface area contributed by atoms with Gasteiger partial charge in [-0.25, -0.2) is 0 Å². The van der Waals surface area contributed by atoms with Gasteiger partial charge in [0.1, 0.15) is 11.8 Å². The van der Waals surface area contributed by atoms with Gasteiger partial charge in [0.2, 0.25) is 5.91 Å². The Balaban J connectivity index is 1.94. The van der Waals surface area contributed by atoms with Crippen molar-refractivity contribution < 1.29 is 9.90 Å². The zero-order chi connectivity index (χ0) is 23.8. The van der Waals surface area contributed by atoms with Crippen molar-refractivity contribution in [3.8, 4) is 11.8 Å². The summed E-state index contributed by atoms with van der Waals surface area (Å²) < 4.78 is 0. The number of pyridine rings is 1. The van der Waals surface area contributed by atoms with Crippen LogP contribution in [0.2, 0.25) is 0 Å². The first kappa shape index (κ1) is 23.5. The molecule has 1 heterocycles. The number of nitrogens with one attached hydrogen (secondary N) is 2. The lowest BCUT2D eigenvalue weighted by atomic mass is 10.1. The van der Waals surface area contributed by atoms with Crippen LogP contribution in [0.15, 0.2) is 61.3 Å². The van der Waals surface area contributed by atoms with E-state index in [0.29, 0.717) is 28.7 Å². The molecule has 1 amide bonds. The zero-order valence-electron chi connectivity index (χ0n) is 18.8. The van der Waals surface area contributed by atoms with Gasteiger partial charge in [-0.15, -0.1) is 0 Å². The Kier molecular flexibility index (Phi) is 7.79. The van der Waals surface area contributed by atoms with Crippen molar-refractivity contribution in [1.82, 2.24) is 9.88 Å². The molecular formula is C26H27N5O2. The number of phenols is 1. The highest BCUT2D eigenvalue weighted by Crippen LogP contribution is 2.35. The molecule has 3 aromatic rings. The zero-order valence-corrected chi connectivity index (χ0v) is 18.8. The van der Waals surface area contributed by atoms with Gasteiger partial charge < -0.3 is 20.6 Å². The number of hydrogen-bond donors (Lipinski definition) is 3. The highest BCUT2D eigenvalue weighted by molar-refractivity contribution is 6.04. The van der Waals surface area contributed by atoms with E-state index < -0.39 is 0 Å². The third-order valence-corrected chi connectivity index (χ3v) is 5.28. The van der Waals surface area contributed by atoms with Crippen LogP contribution < -0.4 is 10.6 Å². The Morgan fingerprint density at radius 3 is 2.76 bits per heavy atom. The molecule has 0 saturated heterocycles. The summed E-state index contributed by atoms with van der Waals surface area (Å²) in [6, 6.07) is 12.8. The van der Waals surface area contributed by atoms with Crippen molar-refractivity contribution >= 4 is 39.9 Å². The highest BCUT2D eigenvalue weighted by atomic mass is 16.3. The van der Waals surface area contributed by atoms with Crippen molar-refractivity contribution in [3.05, 3.63) is 72.5 Å². The predicted octanol–water partition coefficient (Wildman–Crippen LogP) is 5.04. The van der Waals surface area contributed by atoms with Gasteiger partial charge in [0.05, 0.1) is 22.5 Å². The van der Waals surface area contributed by atoms with Crippen LogP contribution in [0.5, 0.6) is 5.75 Å². The van der Waals surface area contributed by atoms with E-state index in [1.165, 1.54) is 18.3 Å². The summed E-state index contributed by atoms with van der Waals surface area (Å²) in [5, 5.41) is 26.7. The number of aromatic hydroxyl groups is 1. The average molecular weight is 442 g/mol. The average Bonchev–Trinajstić information content (AvgIpc) is 2.83. The third-order valence-electron chi connectivity index (χ3n) is 5.28. The summed E-state index contributed by atoms with van der Waals surface area (Å²) >= 11 is 0. The molecule has 3 rings (SSSR count). The molecule has 0 fully saturated rings. The van der Waals surface area contributed by atoms with Gasteiger partial charge >= 0.3 is 0 Å². The first-order chi connectivity index (χ1) is 16.0. The van der Waals surface area contributed by atoms with Crippen molar-refractivity contribution in [3.63, 3.8) is 0 Å². The van der Waals surface area contributed by atoms with E-state index >= 15 is 0 Å². The molecule has 2 aromatic carbocycles. The lowest BCUT2D eigenvalue weighted by Crippen LogP contribution is -2.23. The first-order valence-electron chi connectivity index (χ1n) is 10.7. The number of benzene rings is 2. The predicted molar refractivity (Wildman–Crippen MR) is 133 cm³/mol. The Labute approximate surface area is 193 Å².